The first kappa shape index (κ1) is 9.32. The predicted octanol–water partition coefficient (Wildman–Crippen LogP) is 0.356. The minimum atomic E-state index is -0.368. The van der Waals surface area contributed by atoms with Crippen LogP contribution >= 0.6 is 0 Å². The van der Waals surface area contributed by atoms with Crippen molar-refractivity contribution in [1.29, 1.82) is 0 Å². The molecule has 2 rings (SSSR count). The van der Waals surface area contributed by atoms with Crippen LogP contribution in [0.2, 0.25) is 0 Å². The number of aromatic nitrogens is 3. The van der Waals surface area contributed by atoms with Crippen LogP contribution in [-0.2, 0) is 0 Å². The fraction of sp³-hybridized carbons (Fsp3) is 0.111. The fourth-order valence-electron chi connectivity index (χ4n) is 1.27. The summed E-state index contributed by atoms with van der Waals surface area (Å²) < 4.78 is 5.05. The van der Waals surface area contributed by atoms with Crippen LogP contribution in [0.5, 0.6) is 5.75 Å². The monoisotopic (exact) mass is 206 g/mol. The quantitative estimate of drug-likeness (QED) is 0.618. The van der Waals surface area contributed by atoms with E-state index in [0.29, 0.717) is 22.8 Å². The lowest BCUT2D eigenvalue weighted by Gasteiger charge is -2.04. The highest BCUT2D eigenvalue weighted by atomic mass is 16.5. The van der Waals surface area contributed by atoms with Crippen LogP contribution in [0.1, 0.15) is 0 Å². The molecule has 0 fully saturated rings. The van der Waals surface area contributed by atoms with Gasteiger partial charge in [0.15, 0.2) is 5.82 Å². The molecule has 15 heavy (non-hydrogen) atoms. The van der Waals surface area contributed by atoms with Gasteiger partial charge >= 0.3 is 5.69 Å². The Morgan fingerprint density at radius 2 is 2.27 bits per heavy atom. The molecule has 6 heteroatoms. The Labute approximate surface area is 85.1 Å². The zero-order valence-corrected chi connectivity index (χ0v) is 8.07. The van der Waals surface area contributed by atoms with Crippen LogP contribution in [0.15, 0.2) is 23.0 Å². The second kappa shape index (κ2) is 3.49. The molecule has 0 radical (unpaired) electrons. The summed E-state index contributed by atoms with van der Waals surface area (Å²) in [5, 5.41) is 6.07. The van der Waals surface area contributed by atoms with E-state index in [0.717, 1.165) is 0 Å². The molecule has 0 saturated carbocycles. The maximum Gasteiger partial charge on any atom is 0.340 e. The molecule has 0 aliphatic rings. The second-order valence-electron chi connectivity index (χ2n) is 2.98. The molecule has 0 unspecified atom stereocenters. The largest absolute Gasteiger partial charge is 0.497 e. The van der Waals surface area contributed by atoms with Crippen molar-refractivity contribution in [3.8, 4) is 17.1 Å². The van der Waals surface area contributed by atoms with Crippen LogP contribution in [0.25, 0.3) is 11.4 Å². The third kappa shape index (κ3) is 1.69. The Morgan fingerprint density at radius 1 is 1.47 bits per heavy atom. The van der Waals surface area contributed by atoms with Gasteiger partial charge in [-0.25, -0.2) is 9.89 Å². The molecule has 1 heterocycles. The van der Waals surface area contributed by atoms with Crippen LogP contribution in [0.3, 0.4) is 0 Å². The normalized spacial score (nSPS) is 10.2. The summed E-state index contributed by atoms with van der Waals surface area (Å²) >= 11 is 0. The molecular formula is C9H10N4O2. The Kier molecular flexibility index (Phi) is 2.17. The van der Waals surface area contributed by atoms with E-state index in [1.165, 1.54) is 0 Å². The average molecular weight is 206 g/mol. The summed E-state index contributed by atoms with van der Waals surface area (Å²) in [6, 6.07) is 5.15. The van der Waals surface area contributed by atoms with Crippen molar-refractivity contribution in [2.75, 3.05) is 12.8 Å². The topological polar surface area (TPSA) is 96.8 Å². The molecule has 0 saturated heterocycles. The minimum Gasteiger partial charge on any atom is -0.497 e. The molecule has 1 aromatic carbocycles. The number of benzene rings is 1. The number of aromatic amines is 2. The summed E-state index contributed by atoms with van der Waals surface area (Å²) in [6.07, 6.45) is 0. The van der Waals surface area contributed by atoms with E-state index in [4.69, 9.17) is 10.5 Å². The second-order valence-corrected chi connectivity index (χ2v) is 2.98. The minimum absolute atomic E-state index is 0.368. The van der Waals surface area contributed by atoms with Crippen molar-refractivity contribution in [3.63, 3.8) is 0 Å². The Hall–Kier alpha value is -2.24. The Morgan fingerprint density at radius 3 is 2.87 bits per heavy atom. The molecule has 0 bridgehead atoms. The first-order valence-electron chi connectivity index (χ1n) is 4.29. The summed E-state index contributed by atoms with van der Waals surface area (Å²) in [4.78, 5) is 13.4. The van der Waals surface area contributed by atoms with E-state index < -0.39 is 0 Å². The summed E-state index contributed by atoms with van der Waals surface area (Å²) in [7, 11) is 1.56. The van der Waals surface area contributed by atoms with E-state index in [-0.39, 0.29) is 5.69 Å². The standard InChI is InChI=1S/C9H10N4O2/c1-15-5-2-3-7(10)6(4-5)8-11-9(14)13-12-8/h2-4H,10H2,1H3,(H2,11,12,13,14). The van der Waals surface area contributed by atoms with Crippen molar-refractivity contribution < 1.29 is 4.74 Å². The third-order valence-corrected chi connectivity index (χ3v) is 2.02. The number of ether oxygens (including phenoxy) is 1. The molecule has 0 aliphatic carbocycles. The lowest BCUT2D eigenvalue weighted by molar-refractivity contribution is 0.415. The predicted molar refractivity (Wildman–Crippen MR) is 55.6 cm³/mol. The van der Waals surface area contributed by atoms with Gasteiger partial charge in [0.1, 0.15) is 5.75 Å². The molecular weight excluding hydrogens is 196 g/mol. The zero-order valence-electron chi connectivity index (χ0n) is 8.07. The summed E-state index contributed by atoms with van der Waals surface area (Å²) in [5.41, 5.74) is 6.54. The molecule has 0 spiro atoms. The van der Waals surface area contributed by atoms with E-state index >= 15 is 0 Å². The lowest BCUT2D eigenvalue weighted by Crippen LogP contribution is -2.00. The van der Waals surface area contributed by atoms with Gasteiger partial charge in [-0.2, -0.15) is 5.10 Å². The summed E-state index contributed by atoms with van der Waals surface area (Å²) in [5.74, 6) is 1.06. The molecule has 4 N–H and O–H groups in total. The number of hydrogen-bond donors (Lipinski definition) is 3. The van der Waals surface area contributed by atoms with E-state index in [1.807, 2.05) is 0 Å². The number of H-pyrrole nitrogens is 2. The van der Waals surface area contributed by atoms with Crippen molar-refractivity contribution >= 4 is 5.69 Å². The SMILES string of the molecule is COc1ccc(N)c(-c2n[nH]c(=O)[nH]2)c1. The highest BCUT2D eigenvalue weighted by molar-refractivity contribution is 5.72. The van der Waals surface area contributed by atoms with Gasteiger partial charge in [0.2, 0.25) is 0 Å². The van der Waals surface area contributed by atoms with Crippen LogP contribution in [0.4, 0.5) is 5.69 Å². The number of hydrogen-bond acceptors (Lipinski definition) is 4. The van der Waals surface area contributed by atoms with Gasteiger partial charge in [0, 0.05) is 11.3 Å². The number of nitrogens with one attached hydrogen (secondary N) is 2. The molecule has 0 amide bonds. The first-order chi connectivity index (χ1) is 7.20. The Balaban J connectivity index is 2.56. The number of methoxy groups -OCH3 is 1. The van der Waals surface area contributed by atoms with E-state index in [9.17, 15) is 4.79 Å². The lowest BCUT2D eigenvalue weighted by atomic mass is 10.1. The number of rotatable bonds is 2. The third-order valence-electron chi connectivity index (χ3n) is 2.02. The maximum absolute atomic E-state index is 10.9. The number of nitrogens with zero attached hydrogens (tertiary/aromatic N) is 1. The van der Waals surface area contributed by atoms with Crippen LogP contribution in [0, 0.1) is 0 Å². The molecule has 2 aromatic rings. The van der Waals surface area contributed by atoms with Crippen molar-refractivity contribution in [2.24, 2.45) is 0 Å². The highest BCUT2D eigenvalue weighted by Crippen LogP contribution is 2.26. The molecule has 1 aromatic heterocycles. The smallest absolute Gasteiger partial charge is 0.340 e. The van der Waals surface area contributed by atoms with Gasteiger partial charge in [0.05, 0.1) is 7.11 Å². The zero-order chi connectivity index (χ0) is 10.8. The van der Waals surface area contributed by atoms with E-state index in [1.54, 1.807) is 25.3 Å². The van der Waals surface area contributed by atoms with Crippen molar-refractivity contribution in [3.05, 3.63) is 28.7 Å². The fourth-order valence-corrected chi connectivity index (χ4v) is 1.27. The van der Waals surface area contributed by atoms with Crippen molar-refractivity contribution in [2.45, 2.75) is 0 Å². The van der Waals surface area contributed by atoms with Gasteiger partial charge in [-0.1, -0.05) is 0 Å². The first-order valence-corrected chi connectivity index (χ1v) is 4.29. The van der Waals surface area contributed by atoms with Gasteiger partial charge in [-0.15, -0.1) is 0 Å². The number of nitrogens with two attached hydrogens (primary N) is 1. The van der Waals surface area contributed by atoms with E-state index in [2.05, 4.69) is 15.2 Å². The van der Waals surface area contributed by atoms with Crippen molar-refractivity contribution in [1.82, 2.24) is 15.2 Å². The Bertz CT molecular complexity index is 529. The van der Waals surface area contributed by atoms with Gasteiger partial charge in [0.25, 0.3) is 0 Å². The molecule has 78 valence electrons. The maximum atomic E-state index is 10.9. The van der Waals surface area contributed by atoms with Gasteiger partial charge in [-0.05, 0) is 18.2 Å². The number of nitrogen functional groups attached to an aromatic ring is 1. The highest BCUT2D eigenvalue weighted by Gasteiger charge is 2.07. The van der Waals surface area contributed by atoms with Gasteiger partial charge < -0.3 is 10.5 Å². The summed E-state index contributed by atoms with van der Waals surface area (Å²) in [6.45, 7) is 0. The average Bonchev–Trinajstić information content (AvgIpc) is 2.65. The molecule has 0 atom stereocenters. The van der Waals surface area contributed by atoms with Crippen LogP contribution < -0.4 is 16.2 Å². The number of anilines is 1. The molecule has 0 aliphatic heterocycles. The molecule has 6 nitrogen and oxygen atoms in total. The van der Waals surface area contributed by atoms with Crippen LogP contribution in [-0.4, -0.2) is 22.3 Å². The van der Waals surface area contributed by atoms with Gasteiger partial charge in [-0.3, -0.25) is 4.98 Å².